The Kier molecular flexibility index (Phi) is 7.58. The van der Waals surface area contributed by atoms with Crippen LogP contribution < -0.4 is 16.4 Å². The first-order valence-corrected chi connectivity index (χ1v) is 7.89. The number of nitrogens with one attached hydrogen (secondary N) is 2. The van der Waals surface area contributed by atoms with E-state index in [9.17, 15) is 19.2 Å². The summed E-state index contributed by atoms with van der Waals surface area (Å²) in [6, 6.07) is 5.22. The molecule has 0 aliphatic carbocycles. The monoisotopic (exact) mass is 349 g/mol. The number of carbonyl (C=O) groups is 4. The number of hydrogen-bond acceptors (Lipinski definition) is 5. The van der Waals surface area contributed by atoms with Crippen LogP contribution >= 0.6 is 0 Å². The van der Waals surface area contributed by atoms with Crippen molar-refractivity contribution in [2.75, 3.05) is 11.9 Å². The molecule has 8 heteroatoms. The van der Waals surface area contributed by atoms with Crippen LogP contribution in [0.3, 0.4) is 0 Å². The fourth-order valence-electron chi connectivity index (χ4n) is 2.16. The molecule has 8 nitrogen and oxygen atoms in total. The fraction of sp³-hybridized carbons (Fsp3) is 0.412. The number of nitrogens with two attached hydrogens (primary N) is 1. The third-order valence-corrected chi connectivity index (χ3v) is 3.37. The molecular formula is C17H23N3O5. The van der Waals surface area contributed by atoms with Gasteiger partial charge in [0.05, 0.1) is 12.5 Å². The maximum Gasteiger partial charge on any atom is 0.308 e. The minimum atomic E-state index is -1.02. The molecule has 0 unspecified atom stereocenters. The van der Waals surface area contributed by atoms with E-state index in [1.165, 1.54) is 19.1 Å². The van der Waals surface area contributed by atoms with Crippen LogP contribution in [0.4, 0.5) is 5.69 Å². The number of hydrogen-bond donors (Lipinski definition) is 3. The zero-order valence-corrected chi connectivity index (χ0v) is 14.5. The number of amides is 3. The lowest BCUT2D eigenvalue weighted by atomic mass is 10.0. The van der Waals surface area contributed by atoms with Gasteiger partial charge in [0, 0.05) is 18.2 Å². The van der Waals surface area contributed by atoms with E-state index in [-0.39, 0.29) is 24.5 Å². The lowest BCUT2D eigenvalue weighted by molar-refractivity contribution is -0.147. The molecule has 1 aromatic carbocycles. The fourth-order valence-corrected chi connectivity index (χ4v) is 2.16. The Morgan fingerprint density at radius 1 is 1.24 bits per heavy atom. The van der Waals surface area contributed by atoms with Crippen LogP contribution in [0.2, 0.25) is 0 Å². The summed E-state index contributed by atoms with van der Waals surface area (Å²) >= 11 is 0. The molecular weight excluding hydrogens is 326 g/mol. The summed E-state index contributed by atoms with van der Waals surface area (Å²) in [6.45, 7) is 4.86. The maximum absolute atomic E-state index is 12.3. The average molecular weight is 349 g/mol. The van der Waals surface area contributed by atoms with Gasteiger partial charge < -0.3 is 21.1 Å². The van der Waals surface area contributed by atoms with E-state index in [0.29, 0.717) is 5.69 Å². The number of ether oxygens (including phenoxy) is 1. The number of esters is 1. The highest BCUT2D eigenvalue weighted by molar-refractivity contribution is 5.99. The van der Waals surface area contributed by atoms with Crippen molar-refractivity contribution >= 4 is 29.4 Å². The number of primary amides is 1. The summed E-state index contributed by atoms with van der Waals surface area (Å²) in [5.74, 6) is -2.61. The number of benzene rings is 1. The predicted octanol–water partition coefficient (Wildman–Crippen LogP) is 0.818. The van der Waals surface area contributed by atoms with Gasteiger partial charge in [0.25, 0.3) is 5.91 Å². The highest BCUT2D eigenvalue weighted by Gasteiger charge is 2.25. The summed E-state index contributed by atoms with van der Waals surface area (Å²) < 4.78 is 4.88. The molecule has 25 heavy (non-hydrogen) atoms. The van der Waals surface area contributed by atoms with Crippen LogP contribution in [0.15, 0.2) is 24.3 Å². The van der Waals surface area contributed by atoms with Crippen molar-refractivity contribution in [3.05, 3.63) is 29.8 Å². The van der Waals surface area contributed by atoms with Crippen LogP contribution in [0.1, 0.15) is 37.6 Å². The minimum absolute atomic E-state index is 0.0330. The Bertz CT molecular complexity index is 659. The largest absolute Gasteiger partial charge is 0.466 e. The molecule has 0 spiro atoms. The quantitative estimate of drug-likeness (QED) is 0.599. The molecule has 3 amide bonds. The predicted molar refractivity (Wildman–Crippen MR) is 91.6 cm³/mol. The Balaban J connectivity index is 2.81. The van der Waals surface area contributed by atoms with Crippen LogP contribution in [-0.2, 0) is 19.1 Å². The lowest BCUT2D eigenvalue weighted by Gasteiger charge is -2.19. The number of anilines is 1. The molecule has 0 bridgehead atoms. The van der Waals surface area contributed by atoms with Crippen molar-refractivity contribution in [3.63, 3.8) is 0 Å². The topological polar surface area (TPSA) is 128 Å². The van der Waals surface area contributed by atoms with Gasteiger partial charge in [-0.2, -0.15) is 0 Å². The third-order valence-electron chi connectivity index (χ3n) is 3.37. The van der Waals surface area contributed by atoms with Crippen molar-refractivity contribution in [1.82, 2.24) is 5.32 Å². The molecule has 0 aliphatic rings. The van der Waals surface area contributed by atoms with Crippen molar-refractivity contribution < 1.29 is 23.9 Å². The highest BCUT2D eigenvalue weighted by atomic mass is 16.5. The van der Waals surface area contributed by atoms with Gasteiger partial charge in [-0.3, -0.25) is 19.2 Å². The van der Waals surface area contributed by atoms with Crippen molar-refractivity contribution in [1.29, 1.82) is 0 Å². The van der Waals surface area contributed by atoms with Crippen LogP contribution in [0, 0.1) is 5.92 Å². The smallest absolute Gasteiger partial charge is 0.308 e. The van der Waals surface area contributed by atoms with Gasteiger partial charge in [-0.05, 0) is 31.5 Å². The van der Waals surface area contributed by atoms with Gasteiger partial charge in [0.2, 0.25) is 11.8 Å². The molecule has 0 aromatic heterocycles. The SMILES string of the molecule is CCOC(=O)[C@@H](C)C[C@@H](NC(=O)c1cccc(NC(C)=O)c1)C(N)=O. The van der Waals surface area contributed by atoms with Gasteiger partial charge >= 0.3 is 5.97 Å². The second kappa shape index (κ2) is 9.41. The molecule has 0 radical (unpaired) electrons. The number of carbonyl (C=O) groups excluding carboxylic acids is 4. The number of rotatable bonds is 8. The standard InChI is InChI=1S/C17H23N3O5/c1-4-25-17(24)10(2)8-14(15(18)22)20-16(23)12-6-5-7-13(9-12)19-11(3)21/h5-7,9-10,14H,4,8H2,1-3H3,(H2,18,22)(H,19,21)(H,20,23)/t10-,14+/m0/s1. The zero-order chi connectivity index (χ0) is 19.0. The van der Waals surface area contributed by atoms with E-state index in [1.807, 2.05) is 0 Å². The van der Waals surface area contributed by atoms with E-state index < -0.39 is 29.7 Å². The van der Waals surface area contributed by atoms with Crippen molar-refractivity contribution in [2.45, 2.75) is 33.2 Å². The van der Waals surface area contributed by atoms with E-state index >= 15 is 0 Å². The maximum atomic E-state index is 12.3. The lowest BCUT2D eigenvalue weighted by Crippen LogP contribution is -2.46. The van der Waals surface area contributed by atoms with Gasteiger partial charge in [0.1, 0.15) is 6.04 Å². The summed E-state index contributed by atoms with van der Waals surface area (Å²) in [6.07, 6.45) is 0.0330. The minimum Gasteiger partial charge on any atom is -0.466 e. The zero-order valence-electron chi connectivity index (χ0n) is 14.5. The van der Waals surface area contributed by atoms with E-state index in [2.05, 4.69) is 10.6 Å². The highest BCUT2D eigenvalue weighted by Crippen LogP contribution is 2.13. The van der Waals surface area contributed by atoms with Crippen molar-refractivity contribution in [2.24, 2.45) is 11.7 Å². The third kappa shape index (κ3) is 6.62. The molecule has 1 rings (SSSR count). The van der Waals surface area contributed by atoms with Gasteiger partial charge in [0.15, 0.2) is 0 Å². The molecule has 4 N–H and O–H groups in total. The second-order valence-electron chi connectivity index (χ2n) is 5.58. The summed E-state index contributed by atoms with van der Waals surface area (Å²) in [4.78, 5) is 46.7. The Morgan fingerprint density at radius 2 is 1.92 bits per heavy atom. The van der Waals surface area contributed by atoms with Gasteiger partial charge in [-0.1, -0.05) is 13.0 Å². The molecule has 0 fully saturated rings. The van der Waals surface area contributed by atoms with E-state index in [4.69, 9.17) is 10.5 Å². The average Bonchev–Trinajstić information content (AvgIpc) is 2.53. The van der Waals surface area contributed by atoms with Crippen LogP contribution in [-0.4, -0.2) is 36.3 Å². The first-order chi connectivity index (χ1) is 11.7. The molecule has 0 aliphatic heterocycles. The first kappa shape index (κ1) is 20.1. The normalized spacial score (nSPS) is 12.6. The summed E-state index contributed by atoms with van der Waals surface area (Å²) in [5, 5.41) is 5.07. The molecule has 0 saturated heterocycles. The van der Waals surface area contributed by atoms with Crippen LogP contribution in [0.25, 0.3) is 0 Å². The Hall–Kier alpha value is -2.90. The van der Waals surface area contributed by atoms with E-state index in [1.54, 1.807) is 26.0 Å². The molecule has 136 valence electrons. The second-order valence-corrected chi connectivity index (χ2v) is 5.58. The first-order valence-electron chi connectivity index (χ1n) is 7.89. The molecule has 0 saturated carbocycles. The van der Waals surface area contributed by atoms with Crippen molar-refractivity contribution in [3.8, 4) is 0 Å². The molecule has 2 atom stereocenters. The molecule has 1 aromatic rings. The Morgan fingerprint density at radius 3 is 2.48 bits per heavy atom. The Labute approximate surface area is 146 Å². The van der Waals surface area contributed by atoms with Gasteiger partial charge in [-0.15, -0.1) is 0 Å². The summed E-state index contributed by atoms with van der Waals surface area (Å²) in [7, 11) is 0. The van der Waals surface area contributed by atoms with Crippen LogP contribution in [0.5, 0.6) is 0 Å². The van der Waals surface area contributed by atoms with E-state index in [0.717, 1.165) is 0 Å². The summed E-state index contributed by atoms with van der Waals surface area (Å²) in [5.41, 5.74) is 6.02. The molecule has 0 heterocycles. The van der Waals surface area contributed by atoms with Gasteiger partial charge in [-0.25, -0.2) is 0 Å².